The van der Waals surface area contributed by atoms with Crippen molar-refractivity contribution in [3.05, 3.63) is 36.0 Å². The first-order chi connectivity index (χ1) is 6.43. The highest BCUT2D eigenvalue weighted by molar-refractivity contribution is 5.41. The van der Waals surface area contributed by atoms with E-state index in [-0.39, 0.29) is 0 Å². The Morgan fingerprint density at radius 3 is 3.08 bits per heavy atom. The third-order valence-corrected chi connectivity index (χ3v) is 1.84. The second-order valence-corrected chi connectivity index (χ2v) is 3.03. The highest BCUT2D eigenvalue weighted by atomic mass is 16.3. The highest BCUT2D eigenvalue weighted by Gasteiger charge is 1.84. The van der Waals surface area contributed by atoms with Gasteiger partial charge in [0.05, 0.1) is 6.26 Å². The van der Waals surface area contributed by atoms with Crippen molar-refractivity contribution in [3.63, 3.8) is 0 Å². The van der Waals surface area contributed by atoms with Crippen LogP contribution in [0.2, 0.25) is 0 Å². The molecule has 0 radical (unpaired) electrons. The lowest BCUT2D eigenvalue weighted by molar-refractivity contribution is 0.557. The van der Waals surface area contributed by atoms with Crippen LogP contribution in [-0.2, 0) is 0 Å². The Labute approximate surface area is 79.8 Å². The number of rotatable bonds is 5. The van der Waals surface area contributed by atoms with E-state index in [0.717, 1.165) is 12.2 Å². The van der Waals surface area contributed by atoms with Crippen LogP contribution in [0.25, 0.3) is 6.08 Å². The van der Waals surface area contributed by atoms with E-state index in [4.69, 9.17) is 4.42 Å². The topological polar surface area (TPSA) is 13.1 Å². The Balaban J connectivity index is 2.23. The molecule has 0 atom stereocenters. The lowest BCUT2D eigenvalue weighted by atomic mass is 10.2. The third-order valence-electron chi connectivity index (χ3n) is 1.84. The Hall–Kier alpha value is -1.20. The van der Waals surface area contributed by atoms with Gasteiger partial charge in [0.2, 0.25) is 0 Å². The van der Waals surface area contributed by atoms with Crippen LogP contribution in [0.3, 0.4) is 0 Å². The average molecular weight is 176 g/mol. The molecule has 1 heteroatoms. The fourth-order valence-corrected chi connectivity index (χ4v) is 1.09. The van der Waals surface area contributed by atoms with Gasteiger partial charge in [-0.3, -0.25) is 0 Å². The quantitative estimate of drug-likeness (QED) is 0.487. The smallest absolute Gasteiger partial charge is 0.134 e. The molecule has 1 aromatic rings. The van der Waals surface area contributed by atoms with E-state index in [1.165, 1.54) is 19.3 Å². The van der Waals surface area contributed by atoms with E-state index < -0.39 is 0 Å². The molecule has 0 amide bonds. The number of furan rings is 1. The van der Waals surface area contributed by atoms with E-state index in [0.29, 0.717) is 0 Å². The SMILES string of the molecule is CCCCCC=C=Cc1ccco1. The van der Waals surface area contributed by atoms with Gasteiger partial charge in [0.25, 0.3) is 0 Å². The van der Waals surface area contributed by atoms with Crippen molar-refractivity contribution in [2.75, 3.05) is 0 Å². The minimum atomic E-state index is 0.867. The Morgan fingerprint density at radius 1 is 1.46 bits per heavy atom. The van der Waals surface area contributed by atoms with E-state index in [1.807, 2.05) is 18.2 Å². The zero-order valence-electron chi connectivity index (χ0n) is 8.12. The molecule has 1 rings (SSSR count). The predicted molar refractivity (Wildman–Crippen MR) is 55.4 cm³/mol. The predicted octanol–water partition coefficient (Wildman–Crippen LogP) is 4.03. The molecule has 0 saturated carbocycles. The highest BCUT2D eigenvalue weighted by Crippen LogP contribution is 2.02. The lowest BCUT2D eigenvalue weighted by Gasteiger charge is -1.88. The second kappa shape index (κ2) is 6.33. The van der Waals surface area contributed by atoms with Gasteiger partial charge >= 0.3 is 0 Å². The summed E-state index contributed by atoms with van der Waals surface area (Å²) in [6.07, 6.45) is 10.6. The maximum Gasteiger partial charge on any atom is 0.134 e. The summed E-state index contributed by atoms with van der Waals surface area (Å²) in [6, 6.07) is 3.80. The summed E-state index contributed by atoms with van der Waals surface area (Å²) in [5.74, 6) is 0.867. The maximum absolute atomic E-state index is 5.12. The van der Waals surface area contributed by atoms with E-state index in [1.54, 1.807) is 6.26 Å². The van der Waals surface area contributed by atoms with Gasteiger partial charge in [0.1, 0.15) is 5.76 Å². The monoisotopic (exact) mass is 176 g/mol. The van der Waals surface area contributed by atoms with Crippen LogP contribution >= 0.6 is 0 Å². The molecule has 0 aliphatic rings. The van der Waals surface area contributed by atoms with Crippen LogP contribution in [-0.4, -0.2) is 0 Å². The summed E-state index contributed by atoms with van der Waals surface area (Å²) in [5, 5.41) is 0. The van der Waals surface area contributed by atoms with E-state index in [9.17, 15) is 0 Å². The zero-order chi connectivity index (χ0) is 9.36. The first-order valence-corrected chi connectivity index (χ1v) is 4.88. The van der Waals surface area contributed by atoms with Crippen LogP contribution in [0.4, 0.5) is 0 Å². The summed E-state index contributed by atoms with van der Waals surface area (Å²) < 4.78 is 5.12. The Morgan fingerprint density at radius 2 is 2.38 bits per heavy atom. The number of allylic oxidation sites excluding steroid dienone is 1. The number of unbranched alkanes of at least 4 members (excludes halogenated alkanes) is 3. The van der Waals surface area contributed by atoms with Crippen molar-refractivity contribution in [3.8, 4) is 0 Å². The van der Waals surface area contributed by atoms with Crippen molar-refractivity contribution in [2.45, 2.75) is 32.6 Å². The first-order valence-electron chi connectivity index (χ1n) is 4.88. The molecule has 1 nitrogen and oxygen atoms in total. The molecule has 0 aliphatic carbocycles. The molecule has 0 spiro atoms. The molecule has 0 N–H and O–H groups in total. The van der Waals surface area contributed by atoms with Crippen molar-refractivity contribution >= 4 is 6.08 Å². The van der Waals surface area contributed by atoms with E-state index >= 15 is 0 Å². The van der Waals surface area contributed by atoms with Gasteiger partial charge in [-0.05, 0) is 31.1 Å². The van der Waals surface area contributed by atoms with Gasteiger partial charge in [-0.25, -0.2) is 0 Å². The van der Waals surface area contributed by atoms with Crippen molar-refractivity contribution in [2.24, 2.45) is 0 Å². The van der Waals surface area contributed by atoms with Crippen LogP contribution in [0.1, 0.15) is 38.4 Å². The normalized spacial score (nSPS) is 9.31. The molecule has 0 fully saturated rings. The van der Waals surface area contributed by atoms with Gasteiger partial charge in [0, 0.05) is 6.08 Å². The van der Waals surface area contributed by atoms with Gasteiger partial charge in [-0.15, -0.1) is 5.73 Å². The summed E-state index contributed by atoms with van der Waals surface area (Å²) in [5.41, 5.74) is 3.10. The number of hydrogen-bond donors (Lipinski definition) is 0. The zero-order valence-corrected chi connectivity index (χ0v) is 8.12. The molecule has 1 aromatic heterocycles. The fraction of sp³-hybridized carbons (Fsp3) is 0.417. The van der Waals surface area contributed by atoms with Crippen molar-refractivity contribution in [1.82, 2.24) is 0 Å². The molecule has 1 heterocycles. The molecule has 0 aliphatic heterocycles. The summed E-state index contributed by atoms with van der Waals surface area (Å²) >= 11 is 0. The van der Waals surface area contributed by atoms with Gasteiger partial charge in [-0.2, -0.15) is 0 Å². The van der Waals surface area contributed by atoms with Crippen LogP contribution < -0.4 is 0 Å². The average Bonchev–Trinajstić information content (AvgIpc) is 2.63. The third kappa shape index (κ3) is 4.39. The molecular formula is C12H16O. The van der Waals surface area contributed by atoms with Gasteiger partial charge in [-0.1, -0.05) is 19.8 Å². The minimum Gasteiger partial charge on any atom is -0.464 e. The van der Waals surface area contributed by atoms with Crippen LogP contribution in [0.15, 0.2) is 34.6 Å². The summed E-state index contributed by atoms with van der Waals surface area (Å²) in [4.78, 5) is 0. The largest absolute Gasteiger partial charge is 0.464 e. The molecular weight excluding hydrogens is 160 g/mol. The number of hydrogen-bond acceptors (Lipinski definition) is 1. The molecule has 0 bridgehead atoms. The maximum atomic E-state index is 5.12. The Bertz CT molecular complexity index is 263. The lowest BCUT2D eigenvalue weighted by Crippen LogP contribution is -1.68. The van der Waals surface area contributed by atoms with Gasteiger partial charge < -0.3 is 4.42 Å². The molecule has 0 saturated heterocycles. The second-order valence-electron chi connectivity index (χ2n) is 3.03. The summed E-state index contributed by atoms with van der Waals surface area (Å²) in [7, 11) is 0. The van der Waals surface area contributed by atoms with Crippen LogP contribution in [0.5, 0.6) is 0 Å². The molecule has 70 valence electrons. The Kier molecular flexibility index (Phi) is 4.81. The standard InChI is InChI=1S/C12H16O/c1-2-3-4-5-6-7-9-12-10-8-11-13-12/h6,8-11H,2-5H2,1H3. The van der Waals surface area contributed by atoms with Crippen LogP contribution in [0, 0.1) is 0 Å². The molecule has 13 heavy (non-hydrogen) atoms. The first kappa shape index (κ1) is 9.88. The molecule has 0 aromatic carbocycles. The van der Waals surface area contributed by atoms with Crippen molar-refractivity contribution < 1.29 is 4.42 Å². The van der Waals surface area contributed by atoms with Crippen molar-refractivity contribution in [1.29, 1.82) is 0 Å². The van der Waals surface area contributed by atoms with Gasteiger partial charge in [0.15, 0.2) is 0 Å². The van der Waals surface area contributed by atoms with E-state index in [2.05, 4.69) is 18.7 Å². The minimum absolute atomic E-state index is 0.867. The fourth-order valence-electron chi connectivity index (χ4n) is 1.09. The summed E-state index contributed by atoms with van der Waals surface area (Å²) in [6.45, 7) is 2.21. The molecule has 0 unspecified atom stereocenters.